The van der Waals surface area contributed by atoms with Crippen LogP contribution in [0.1, 0.15) is 28.9 Å². The summed E-state index contributed by atoms with van der Waals surface area (Å²) in [7, 11) is 0. The van der Waals surface area contributed by atoms with Gasteiger partial charge in [0.05, 0.1) is 6.04 Å². The Balaban J connectivity index is 2.29. The average molecular weight is 356 g/mol. The standard InChI is InChI=1S/C14H12BrClN2O2/c1-8(9-3-2-4-10(15)7-9)17-13-11(14(19)20)5-6-12(16)18-13/h2-8H,1H3,(H,17,18)(H,19,20). The number of halogens is 2. The van der Waals surface area contributed by atoms with E-state index in [0.717, 1.165) is 10.0 Å². The molecule has 0 aliphatic carbocycles. The minimum atomic E-state index is -1.04. The van der Waals surface area contributed by atoms with Gasteiger partial charge in [0.15, 0.2) is 0 Å². The van der Waals surface area contributed by atoms with E-state index in [2.05, 4.69) is 26.2 Å². The second kappa shape index (κ2) is 6.24. The van der Waals surface area contributed by atoms with Gasteiger partial charge in [-0.05, 0) is 36.8 Å². The van der Waals surface area contributed by atoms with E-state index < -0.39 is 5.97 Å². The van der Waals surface area contributed by atoms with Gasteiger partial charge in [0, 0.05) is 4.47 Å². The first kappa shape index (κ1) is 14.8. The molecule has 0 saturated carbocycles. The van der Waals surface area contributed by atoms with Crippen LogP contribution in [-0.2, 0) is 0 Å². The summed E-state index contributed by atoms with van der Waals surface area (Å²) in [5.74, 6) is -0.782. The zero-order valence-corrected chi connectivity index (χ0v) is 12.9. The number of carboxylic acids is 1. The molecule has 6 heteroatoms. The first-order valence-corrected chi connectivity index (χ1v) is 7.06. The number of rotatable bonds is 4. The Bertz CT molecular complexity index is 649. The van der Waals surface area contributed by atoms with E-state index in [0.29, 0.717) is 0 Å². The third kappa shape index (κ3) is 3.49. The SMILES string of the molecule is CC(Nc1nc(Cl)ccc1C(=O)O)c1cccc(Br)c1. The highest BCUT2D eigenvalue weighted by Gasteiger charge is 2.15. The van der Waals surface area contributed by atoms with E-state index >= 15 is 0 Å². The van der Waals surface area contributed by atoms with Crippen LogP contribution in [0.25, 0.3) is 0 Å². The Morgan fingerprint density at radius 1 is 1.40 bits per heavy atom. The van der Waals surface area contributed by atoms with Crippen molar-refractivity contribution in [1.82, 2.24) is 4.98 Å². The number of aromatic nitrogens is 1. The molecular formula is C14H12BrClN2O2. The van der Waals surface area contributed by atoms with Gasteiger partial charge in [-0.3, -0.25) is 0 Å². The normalized spacial score (nSPS) is 11.9. The van der Waals surface area contributed by atoms with Crippen LogP contribution in [0.15, 0.2) is 40.9 Å². The maximum absolute atomic E-state index is 11.2. The highest BCUT2D eigenvalue weighted by Crippen LogP contribution is 2.24. The number of anilines is 1. The first-order valence-electron chi connectivity index (χ1n) is 5.89. The number of nitrogens with one attached hydrogen (secondary N) is 1. The predicted molar refractivity (Wildman–Crippen MR) is 82.4 cm³/mol. The van der Waals surface area contributed by atoms with Gasteiger partial charge in [-0.2, -0.15) is 0 Å². The zero-order valence-electron chi connectivity index (χ0n) is 10.6. The summed E-state index contributed by atoms with van der Waals surface area (Å²) >= 11 is 9.23. The molecule has 1 unspecified atom stereocenters. The van der Waals surface area contributed by atoms with E-state index in [-0.39, 0.29) is 22.6 Å². The predicted octanol–water partition coefficient (Wildman–Crippen LogP) is 4.37. The molecule has 0 spiro atoms. The topological polar surface area (TPSA) is 62.2 Å². The fourth-order valence-electron chi connectivity index (χ4n) is 1.78. The van der Waals surface area contributed by atoms with Gasteiger partial charge in [0.25, 0.3) is 0 Å². The molecule has 0 aliphatic heterocycles. The number of aromatic carboxylic acids is 1. The molecule has 0 radical (unpaired) electrons. The molecule has 1 aromatic heterocycles. The number of hydrogen-bond donors (Lipinski definition) is 2. The number of hydrogen-bond acceptors (Lipinski definition) is 3. The van der Waals surface area contributed by atoms with Crippen LogP contribution in [0.5, 0.6) is 0 Å². The fourth-order valence-corrected chi connectivity index (χ4v) is 2.35. The molecule has 1 aromatic carbocycles. The monoisotopic (exact) mass is 354 g/mol. The maximum atomic E-state index is 11.2. The Morgan fingerprint density at radius 3 is 2.80 bits per heavy atom. The third-order valence-electron chi connectivity index (χ3n) is 2.79. The highest BCUT2D eigenvalue weighted by atomic mass is 79.9. The van der Waals surface area contributed by atoms with Gasteiger partial charge in [-0.25, -0.2) is 9.78 Å². The van der Waals surface area contributed by atoms with Crippen LogP contribution in [0.3, 0.4) is 0 Å². The third-order valence-corrected chi connectivity index (χ3v) is 3.50. The Morgan fingerprint density at radius 2 is 2.15 bits per heavy atom. The number of nitrogens with zero attached hydrogens (tertiary/aromatic N) is 1. The van der Waals surface area contributed by atoms with E-state index in [1.807, 2.05) is 31.2 Å². The Kier molecular flexibility index (Phi) is 4.62. The lowest BCUT2D eigenvalue weighted by atomic mass is 10.1. The molecule has 0 amide bonds. The molecule has 2 aromatic rings. The van der Waals surface area contributed by atoms with Gasteiger partial charge in [0.2, 0.25) is 0 Å². The summed E-state index contributed by atoms with van der Waals surface area (Å²) < 4.78 is 0.959. The van der Waals surface area contributed by atoms with Crippen LogP contribution >= 0.6 is 27.5 Å². The second-order valence-corrected chi connectivity index (χ2v) is 5.56. The van der Waals surface area contributed by atoms with Crippen molar-refractivity contribution in [3.8, 4) is 0 Å². The molecule has 104 valence electrons. The lowest BCUT2D eigenvalue weighted by Crippen LogP contribution is -2.12. The van der Waals surface area contributed by atoms with Crippen molar-refractivity contribution in [1.29, 1.82) is 0 Å². The lowest BCUT2D eigenvalue weighted by Gasteiger charge is -2.16. The van der Waals surface area contributed by atoms with Crippen LogP contribution < -0.4 is 5.32 Å². The summed E-state index contributed by atoms with van der Waals surface area (Å²) in [5, 5.41) is 12.5. The van der Waals surface area contributed by atoms with Crippen LogP contribution in [0.4, 0.5) is 5.82 Å². The number of benzene rings is 1. The lowest BCUT2D eigenvalue weighted by molar-refractivity contribution is 0.0697. The smallest absolute Gasteiger partial charge is 0.339 e. The average Bonchev–Trinajstić information content (AvgIpc) is 2.38. The minimum absolute atomic E-state index is 0.0937. The Hall–Kier alpha value is -1.59. The summed E-state index contributed by atoms with van der Waals surface area (Å²) in [6.45, 7) is 1.93. The van der Waals surface area contributed by atoms with Crippen molar-refractivity contribution in [3.63, 3.8) is 0 Å². The summed E-state index contributed by atoms with van der Waals surface area (Å²) in [6, 6.07) is 10.6. The molecule has 20 heavy (non-hydrogen) atoms. The van der Waals surface area contributed by atoms with Gasteiger partial charge in [-0.1, -0.05) is 39.7 Å². The summed E-state index contributed by atoms with van der Waals surface area (Å²) in [4.78, 5) is 15.2. The maximum Gasteiger partial charge on any atom is 0.339 e. The van der Waals surface area contributed by atoms with Crippen LogP contribution in [-0.4, -0.2) is 16.1 Å². The van der Waals surface area contributed by atoms with Crippen molar-refractivity contribution < 1.29 is 9.90 Å². The molecule has 2 rings (SSSR count). The molecule has 1 atom stereocenters. The number of carboxylic acid groups (broad SMARTS) is 1. The zero-order chi connectivity index (χ0) is 14.7. The first-order chi connectivity index (χ1) is 9.47. The van der Waals surface area contributed by atoms with Crippen molar-refractivity contribution in [2.75, 3.05) is 5.32 Å². The van der Waals surface area contributed by atoms with Gasteiger partial charge < -0.3 is 10.4 Å². The van der Waals surface area contributed by atoms with Crippen molar-refractivity contribution >= 4 is 39.3 Å². The van der Waals surface area contributed by atoms with Crippen LogP contribution in [0, 0.1) is 0 Å². The molecule has 4 nitrogen and oxygen atoms in total. The molecule has 2 N–H and O–H groups in total. The molecule has 0 bridgehead atoms. The number of pyridine rings is 1. The fraction of sp³-hybridized carbons (Fsp3) is 0.143. The Labute approximate surface area is 129 Å². The van der Waals surface area contributed by atoms with Gasteiger partial charge in [-0.15, -0.1) is 0 Å². The number of carbonyl (C=O) groups is 1. The van der Waals surface area contributed by atoms with E-state index in [1.165, 1.54) is 12.1 Å². The molecule has 0 aliphatic rings. The van der Waals surface area contributed by atoms with Gasteiger partial charge >= 0.3 is 5.97 Å². The molecule has 0 saturated heterocycles. The van der Waals surface area contributed by atoms with Crippen molar-refractivity contribution in [2.24, 2.45) is 0 Å². The second-order valence-electron chi connectivity index (χ2n) is 4.26. The quantitative estimate of drug-likeness (QED) is 0.800. The van der Waals surface area contributed by atoms with E-state index in [9.17, 15) is 4.79 Å². The van der Waals surface area contributed by atoms with E-state index in [1.54, 1.807) is 0 Å². The molecular weight excluding hydrogens is 344 g/mol. The van der Waals surface area contributed by atoms with Crippen molar-refractivity contribution in [2.45, 2.75) is 13.0 Å². The molecule has 0 fully saturated rings. The summed E-state index contributed by atoms with van der Waals surface area (Å²) in [5.41, 5.74) is 1.11. The minimum Gasteiger partial charge on any atom is -0.478 e. The largest absolute Gasteiger partial charge is 0.478 e. The van der Waals surface area contributed by atoms with Crippen molar-refractivity contribution in [3.05, 3.63) is 57.2 Å². The van der Waals surface area contributed by atoms with Crippen LogP contribution in [0.2, 0.25) is 5.15 Å². The molecule has 1 heterocycles. The van der Waals surface area contributed by atoms with E-state index in [4.69, 9.17) is 16.7 Å². The summed E-state index contributed by atoms with van der Waals surface area (Å²) in [6.07, 6.45) is 0. The highest BCUT2D eigenvalue weighted by molar-refractivity contribution is 9.10. The van der Waals surface area contributed by atoms with Gasteiger partial charge in [0.1, 0.15) is 16.5 Å².